The summed E-state index contributed by atoms with van der Waals surface area (Å²) >= 11 is 0. The van der Waals surface area contributed by atoms with Crippen molar-refractivity contribution in [2.24, 2.45) is 5.73 Å². The highest BCUT2D eigenvalue weighted by Gasteiger charge is 2.56. The predicted molar refractivity (Wildman–Crippen MR) is 209 cm³/mol. The third-order valence-electron chi connectivity index (χ3n) is 10.6. The van der Waals surface area contributed by atoms with Crippen molar-refractivity contribution in [1.29, 1.82) is 5.26 Å². The van der Waals surface area contributed by atoms with E-state index in [0.717, 1.165) is 66.5 Å². The molecule has 4 N–H and O–H groups in total. The highest BCUT2D eigenvalue weighted by molar-refractivity contribution is 6.12. The molecule has 6 nitrogen and oxygen atoms in total. The van der Waals surface area contributed by atoms with E-state index in [1.165, 1.54) is 10.8 Å². The van der Waals surface area contributed by atoms with Gasteiger partial charge in [0.2, 0.25) is 0 Å². The van der Waals surface area contributed by atoms with E-state index in [0.29, 0.717) is 5.56 Å². The lowest BCUT2D eigenvalue weighted by Crippen LogP contribution is -2.40. The summed E-state index contributed by atoms with van der Waals surface area (Å²) in [4.78, 5) is 0. The van der Waals surface area contributed by atoms with Crippen molar-refractivity contribution in [3.63, 3.8) is 0 Å². The molecule has 3 heterocycles. The van der Waals surface area contributed by atoms with Crippen molar-refractivity contribution >= 4 is 43.7 Å². The monoisotopic (exact) mass is 671 g/mol. The number of rotatable bonds is 7. The van der Waals surface area contributed by atoms with Crippen molar-refractivity contribution < 1.29 is 4.42 Å². The highest BCUT2D eigenvalue weighted by Crippen LogP contribution is 2.48. The molecule has 6 heteroatoms. The fourth-order valence-corrected chi connectivity index (χ4v) is 8.01. The molecule has 248 valence electrons. The zero-order chi connectivity index (χ0) is 34.8. The molecular weight excluding hydrogens is 639 g/mol. The van der Waals surface area contributed by atoms with E-state index in [9.17, 15) is 5.26 Å². The molecule has 52 heavy (non-hydrogen) atoms. The van der Waals surface area contributed by atoms with Crippen LogP contribution in [-0.4, -0.2) is 4.57 Å². The van der Waals surface area contributed by atoms with Gasteiger partial charge < -0.3 is 14.7 Å². The van der Waals surface area contributed by atoms with Gasteiger partial charge in [-0.2, -0.15) is 5.26 Å². The molecule has 0 spiro atoms. The maximum atomic E-state index is 9.70. The Morgan fingerprint density at radius 1 is 0.692 bits per heavy atom. The lowest BCUT2D eigenvalue weighted by atomic mass is 9.96. The molecule has 0 bridgehead atoms. The summed E-state index contributed by atoms with van der Waals surface area (Å²) in [6, 6.07) is 58.7. The number of nitrogens with zero attached hydrogens (tertiary/aromatic N) is 2. The number of nitriles is 1. The lowest BCUT2D eigenvalue weighted by Gasteiger charge is -2.24. The van der Waals surface area contributed by atoms with Gasteiger partial charge in [-0.15, -0.1) is 0 Å². The van der Waals surface area contributed by atoms with Crippen molar-refractivity contribution in [3.8, 4) is 22.9 Å². The van der Waals surface area contributed by atoms with E-state index < -0.39 is 11.8 Å². The van der Waals surface area contributed by atoms with Crippen molar-refractivity contribution in [1.82, 2.24) is 15.2 Å². The summed E-state index contributed by atoms with van der Waals surface area (Å²) in [7, 11) is 0. The first-order valence-corrected chi connectivity index (χ1v) is 17.5. The molecule has 0 aliphatic carbocycles. The van der Waals surface area contributed by atoms with Gasteiger partial charge in [-0.25, -0.2) is 0 Å². The van der Waals surface area contributed by atoms with Gasteiger partial charge in [-0.3, -0.25) is 10.6 Å². The summed E-state index contributed by atoms with van der Waals surface area (Å²) in [6.45, 7) is 0. The summed E-state index contributed by atoms with van der Waals surface area (Å²) in [5.74, 6) is 0. The number of fused-ring (bicyclic) bond motifs is 6. The fraction of sp³-hybridized carbons (Fsp3) is 0.0652. The number of aromatic nitrogens is 1. The molecule has 0 radical (unpaired) electrons. The first-order valence-electron chi connectivity index (χ1n) is 17.5. The van der Waals surface area contributed by atoms with Crippen LogP contribution < -0.4 is 16.4 Å². The van der Waals surface area contributed by atoms with Crippen molar-refractivity contribution in [2.45, 2.75) is 17.9 Å². The second-order valence-corrected chi connectivity index (χ2v) is 13.6. The molecule has 9 aromatic rings. The van der Waals surface area contributed by atoms with Gasteiger partial charge in [0.25, 0.3) is 0 Å². The molecule has 10 rings (SSSR count). The normalized spacial score (nSPS) is 17.5. The number of para-hydroxylation sites is 3. The molecular formula is C46H33N5O. The number of hydrogen-bond donors (Lipinski definition) is 3. The third-order valence-corrected chi connectivity index (χ3v) is 10.6. The summed E-state index contributed by atoms with van der Waals surface area (Å²) in [5, 5.41) is 21.7. The standard InChI is InChI=1S/C46H33N5O/c47-28-29-10-8-13-33(26-29)46(50-45(48)31-11-2-1-3-12-31)44(49-46)30-20-23-34(24-21-30)51-40-18-6-4-14-36(40)37-25-22-32(27-41(37)51)35-16-9-17-39-38-15-5-7-19-42(38)52-43(35)39/h1-27,44-45,49-50H,48H2/t44?,45?,46-/m0/s1. The van der Waals surface area contributed by atoms with Crippen LogP contribution >= 0.6 is 0 Å². The Morgan fingerprint density at radius 2 is 1.42 bits per heavy atom. The van der Waals surface area contributed by atoms with Gasteiger partial charge in [-0.1, -0.05) is 121 Å². The smallest absolute Gasteiger partial charge is 0.143 e. The average molecular weight is 672 g/mol. The highest BCUT2D eigenvalue weighted by atomic mass is 16.3. The second kappa shape index (κ2) is 11.8. The molecule has 1 fully saturated rings. The Bertz CT molecular complexity index is 2850. The maximum Gasteiger partial charge on any atom is 0.143 e. The molecule has 0 amide bonds. The van der Waals surface area contributed by atoms with Gasteiger partial charge in [0, 0.05) is 32.8 Å². The quantitative estimate of drug-likeness (QED) is 0.116. The summed E-state index contributed by atoms with van der Waals surface area (Å²) < 4.78 is 8.79. The van der Waals surface area contributed by atoms with Crippen LogP contribution in [0.5, 0.6) is 0 Å². The van der Waals surface area contributed by atoms with Crippen LogP contribution in [0.4, 0.5) is 0 Å². The van der Waals surface area contributed by atoms with E-state index in [1.807, 2.05) is 60.7 Å². The minimum atomic E-state index is -0.636. The molecule has 3 atom stereocenters. The minimum absolute atomic E-state index is 0.0562. The molecule has 1 saturated heterocycles. The number of hydrogen-bond acceptors (Lipinski definition) is 5. The Balaban J connectivity index is 1.06. The van der Waals surface area contributed by atoms with Gasteiger partial charge in [0.15, 0.2) is 0 Å². The molecule has 1 aliphatic heterocycles. The zero-order valence-electron chi connectivity index (χ0n) is 28.1. The number of benzene rings is 7. The van der Waals surface area contributed by atoms with E-state index in [1.54, 1.807) is 0 Å². The topological polar surface area (TPSA) is 102 Å². The average Bonchev–Trinajstić information content (AvgIpc) is 3.66. The van der Waals surface area contributed by atoms with Gasteiger partial charge in [0.05, 0.1) is 34.9 Å². The molecule has 7 aromatic carbocycles. The Labute approximate surface area is 300 Å². The number of nitrogens with one attached hydrogen (secondary N) is 2. The SMILES string of the molecule is N#Cc1cccc([C@@]2(NC(N)c3ccccc3)NC2c2ccc(-n3c4ccccc4c4ccc(-c5cccc6c5oc5ccccc56)cc43)cc2)c1. The van der Waals surface area contributed by atoms with Crippen LogP contribution in [0.15, 0.2) is 168 Å². The second-order valence-electron chi connectivity index (χ2n) is 13.6. The first kappa shape index (κ1) is 30.3. The Kier molecular flexibility index (Phi) is 6.88. The van der Waals surface area contributed by atoms with Crippen molar-refractivity contribution in [3.05, 3.63) is 186 Å². The Morgan fingerprint density at radius 3 is 2.27 bits per heavy atom. The van der Waals surface area contributed by atoms with E-state index in [-0.39, 0.29) is 6.04 Å². The third kappa shape index (κ3) is 4.76. The van der Waals surface area contributed by atoms with Gasteiger partial charge >= 0.3 is 0 Å². The van der Waals surface area contributed by atoms with Crippen LogP contribution in [0.25, 0.3) is 60.6 Å². The molecule has 1 aliphatic rings. The van der Waals surface area contributed by atoms with Crippen molar-refractivity contribution in [2.75, 3.05) is 0 Å². The van der Waals surface area contributed by atoms with Crippen LogP contribution in [0.3, 0.4) is 0 Å². The van der Waals surface area contributed by atoms with Gasteiger partial charge in [-0.05, 0) is 64.7 Å². The van der Waals surface area contributed by atoms with Crippen LogP contribution in [-0.2, 0) is 5.66 Å². The predicted octanol–water partition coefficient (Wildman–Crippen LogP) is 9.97. The van der Waals surface area contributed by atoms with Crippen LogP contribution in [0.1, 0.15) is 34.5 Å². The number of furan rings is 1. The molecule has 2 unspecified atom stereocenters. The molecule has 0 saturated carbocycles. The van der Waals surface area contributed by atoms with E-state index in [2.05, 4.69) is 124 Å². The summed E-state index contributed by atoms with van der Waals surface area (Å²) in [6.07, 6.45) is -0.416. The first-order chi connectivity index (χ1) is 25.6. The lowest BCUT2D eigenvalue weighted by molar-refractivity contribution is 0.417. The minimum Gasteiger partial charge on any atom is -0.455 e. The summed E-state index contributed by atoms with van der Waals surface area (Å²) in [5.41, 5.74) is 17.1. The Hall–Kier alpha value is -6.49. The largest absolute Gasteiger partial charge is 0.455 e. The van der Waals surface area contributed by atoms with E-state index >= 15 is 0 Å². The zero-order valence-corrected chi connectivity index (χ0v) is 28.1. The van der Waals surface area contributed by atoms with Crippen LogP contribution in [0.2, 0.25) is 0 Å². The number of nitrogens with two attached hydrogens (primary N) is 1. The van der Waals surface area contributed by atoms with E-state index in [4.69, 9.17) is 10.2 Å². The fourth-order valence-electron chi connectivity index (χ4n) is 8.01. The van der Waals surface area contributed by atoms with Gasteiger partial charge in [0.1, 0.15) is 16.8 Å². The molecule has 2 aromatic heterocycles. The maximum absolute atomic E-state index is 9.70. The van der Waals surface area contributed by atoms with Crippen LogP contribution in [0, 0.1) is 11.3 Å².